The molecule has 0 aliphatic rings. The van der Waals surface area contributed by atoms with E-state index >= 15 is 0 Å². The van der Waals surface area contributed by atoms with Crippen LogP contribution >= 0.6 is 0 Å². The van der Waals surface area contributed by atoms with Gasteiger partial charge in [0, 0.05) is 12.7 Å². The van der Waals surface area contributed by atoms with Gasteiger partial charge in [0.2, 0.25) is 0 Å². The van der Waals surface area contributed by atoms with Gasteiger partial charge in [0.1, 0.15) is 0 Å². The van der Waals surface area contributed by atoms with Gasteiger partial charge < -0.3 is 19.1 Å². The van der Waals surface area contributed by atoms with E-state index in [1.165, 1.54) is 0 Å². The maximum absolute atomic E-state index is 8.60. The van der Waals surface area contributed by atoms with Crippen molar-refractivity contribution in [3.8, 4) is 0 Å². The number of hydrogen-bond acceptors (Lipinski definition) is 4. The topological polar surface area (TPSA) is 69.9 Å². The smallest absolute Gasteiger partial charge is 0.390 e. The molecule has 0 aromatic heterocycles. The molecule has 0 bridgehead atoms. The average molecular weight is 192 g/mol. The second-order valence-electron chi connectivity index (χ2n) is 2.89. The molecule has 0 saturated heterocycles. The summed E-state index contributed by atoms with van der Waals surface area (Å²) in [5.41, 5.74) is 0.926. The predicted octanol–water partition coefficient (Wildman–Crippen LogP) is -0.115. The molecule has 0 aromatic carbocycles. The standard InChI is InChI=1S/C7H16O4Si/c1-7(2)6-11-4-3-5-12(8,9)10/h8-10H,1,3-6H2,2H3. The third-order valence-electron chi connectivity index (χ3n) is 1.15. The summed E-state index contributed by atoms with van der Waals surface area (Å²) in [5.74, 6) is 0. The summed E-state index contributed by atoms with van der Waals surface area (Å²) >= 11 is 0. The van der Waals surface area contributed by atoms with Gasteiger partial charge in [-0.15, -0.1) is 0 Å². The Kier molecular flexibility index (Phi) is 5.35. The van der Waals surface area contributed by atoms with Gasteiger partial charge in [-0.2, -0.15) is 0 Å². The highest BCUT2D eigenvalue weighted by molar-refractivity contribution is 6.56. The molecule has 0 heterocycles. The van der Waals surface area contributed by atoms with Crippen LogP contribution in [0.5, 0.6) is 0 Å². The molecular formula is C7H16O4Si. The first kappa shape index (κ1) is 11.8. The zero-order valence-electron chi connectivity index (χ0n) is 7.29. The van der Waals surface area contributed by atoms with Crippen molar-refractivity contribution in [2.75, 3.05) is 13.2 Å². The van der Waals surface area contributed by atoms with Crippen molar-refractivity contribution < 1.29 is 19.1 Å². The lowest BCUT2D eigenvalue weighted by molar-refractivity contribution is 0.149. The Bertz CT molecular complexity index is 141. The highest BCUT2D eigenvalue weighted by Gasteiger charge is 2.25. The fourth-order valence-electron chi connectivity index (χ4n) is 0.658. The molecule has 0 amide bonds. The fourth-order valence-corrected chi connectivity index (χ4v) is 1.28. The van der Waals surface area contributed by atoms with E-state index in [1.807, 2.05) is 6.92 Å². The molecule has 0 spiro atoms. The molecule has 0 fully saturated rings. The minimum atomic E-state index is -3.84. The van der Waals surface area contributed by atoms with Crippen molar-refractivity contribution in [2.45, 2.75) is 19.4 Å². The molecule has 0 saturated carbocycles. The Labute approximate surface area is 73.5 Å². The maximum Gasteiger partial charge on any atom is 0.492 e. The SMILES string of the molecule is C=C(C)COCCC[Si](O)(O)O. The highest BCUT2D eigenvalue weighted by atomic mass is 28.4. The first-order valence-electron chi connectivity index (χ1n) is 3.81. The summed E-state index contributed by atoms with van der Waals surface area (Å²) in [6.45, 7) is 6.39. The molecule has 72 valence electrons. The third-order valence-corrected chi connectivity index (χ3v) is 2.17. The van der Waals surface area contributed by atoms with Crippen LogP contribution < -0.4 is 0 Å². The molecule has 12 heavy (non-hydrogen) atoms. The van der Waals surface area contributed by atoms with E-state index in [2.05, 4.69) is 6.58 Å². The quantitative estimate of drug-likeness (QED) is 0.312. The number of rotatable bonds is 6. The van der Waals surface area contributed by atoms with Crippen LogP contribution in [-0.4, -0.2) is 36.4 Å². The average Bonchev–Trinajstić information content (AvgIpc) is 1.83. The van der Waals surface area contributed by atoms with E-state index < -0.39 is 8.80 Å². The Morgan fingerprint density at radius 1 is 1.42 bits per heavy atom. The highest BCUT2D eigenvalue weighted by Crippen LogP contribution is 2.01. The van der Waals surface area contributed by atoms with Gasteiger partial charge in [0.15, 0.2) is 0 Å². The van der Waals surface area contributed by atoms with Crippen molar-refractivity contribution in [1.29, 1.82) is 0 Å². The minimum Gasteiger partial charge on any atom is -0.390 e. The lowest BCUT2D eigenvalue weighted by Gasteiger charge is -2.08. The minimum absolute atomic E-state index is 0.0309. The van der Waals surface area contributed by atoms with Gasteiger partial charge in [0.25, 0.3) is 0 Å². The van der Waals surface area contributed by atoms with E-state index in [-0.39, 0.29) is 6.04 Å². The molecular weight excluding hydrogens is 176 g/mol. The molecule has 4 nitrogen and oxygen atoms in total. The van der Waals surface area contributed by atoms with Crippen molar-refractivity contribution in [2.24, 2.45) is 0 Å². The van der Waals surface area contributed by atoms with Crippen molar-refractivity contribution in [3.05, 3.63) is 12.2 Å². The van der Waals surface area contributed by atoms with Crippen LogP contribution in [0.1, 0.15) is 13.3 Å². The summed E-state index contributed by atoms with van der Waals surface area (Å²) < 4.78 is 5.08. The second-order valence-corrected chi connectivity index (χ2v) is 4.94. The second kappa shape index (κ2) is 5.44. The van der Waals surface area contributed by atoms with Gasteiger partial charge in [-0.25, -0.2) is 0 Å². The first-order chi connectivity index (χ1) is 5.42. The summed E-state index contributed by atoms with van der Waals surface area (Å²) in [7, 11) is -3.84. The largest absolute Gasteiger partial charge is 0.492 e. The number of hydrogen-bond donors (Lipinski definition) is 3. The Hall–Kier alpha value is -0.203. The molecule has 0 radical (unpaired) electrons. The molecule has 0 aromatic rings. The van der Waals surface area contributed by atoms with Crippen LogP contribution in [0.15, 0.2) is 12.2 Å². The van der Waals surface area contributed by atoms with Crippen molar-refractivity contribution in [3.63, 3.8) is 0 Å². The van der Waals surface area contributed by atoms with Gasteiger partial charge in [0.05, 0.1) is 6.61 Å². The van der Waals surface area contributed by atoms with Gasteiger partial charge >= 0.3 is 8.80 Å². The molecule has 0 atom stereocenters. The lowest BCUT2D eigenvalue weighted by Crippen LogP contribution is -2.34. The van der Waals surface area contributed by atoms with Crippen molar-refractivity contribution in [1.82, 2.24) is 0 Å². The number of ether oxygens (including phenoxy) is 1. The molecule has 0 unspecified atom stereocenters. The van der Waals surface area contributed by atoms with E-state index in [9.17, 15) is 0 Å². The fraction of sp³-hybridized carbons (Fsp3) is 0.714. The van der Waals surface area contributed by atoms with Crippen LogP contribution in [0.4, 0.5) is 0 Å². The predicted molar refractivity (Wildman–Crippen MR) is 47.5 cm³/mol. The lowest BCUT2D eigenvalue weighted by atomic mass is 10.4. The molecule has 0 aliphatic carbocycles. The monoisotopic (exact) mass is 192 g/mol. The van der Waals surface area contributed by atoms with Gasteiger partial charge in [-0.05, 0) is 13.3 Å². The normalized spacial score (nSPS) is 11.7. The van der Waals surface area contributed by atoms with Crippen LogP contribution in [0.3, 0.4) is 0 Å². The van der Waals surface area contributed by atoms with E-state index in [4.69, 9.17) is 19.1 Å². The van der Waals surface area contributed by atoms with E-state index in [0.29, 0.717) is 19.6 Å². The van der Waals surface area contributed by atoms with Crippen LogP contribution in [0.25, 0.3) is 0 Å². The molecule has 0 rings (SSSR count). The van der Waals surface area contributed by atoms with Crippen LogP contribution in [0.2, 0.25) is 6.04 Å². The molecule has 5 heteroatoms. The van der Waals surface area contributed by atoms with E-state index in [1.54, 1.807) is 0 Å². The first-order valence-corrected chi connectivity index (χ1v) is 5.86. The maximum atomic E-state index is 8.60. The van der Waals surface area contributed by atoms with Crippen molar-refractivity contribution >= 4 is 8.80 Å². The third kappa shape index (κ3) is 9.80. The van der Waals surface area contributed by atoms with Crippen LogP contribution in [0, 0.1) is 0 Å². The zero-order chi connectivity index (χ0) is 9.61. The summed E-state index contributed by atoms with van der Waals surface area (Å²) in [5, 5.41) is 0. The zero-order valence-corrected chi connectivity index (χ0v) is 8.29. The van der Waals surface area contributed by atoms with Crippen LogP contribution in [-0.2, 0) is 4.74 Å². The Balaban J connectivity index is 3.17. The molecule has 0 aliphatic heterocycles. The van der Waals surface area contributed by atoms with E-state index in [0.717, 1.165) is 5.57 Å². The van der Waals surface area contributed by atoms with Gasteiger partial charge in [-0.1, -0.05) is 12.2 Å². The Morgan fingerprint density at radius 3 is 2.42 bits per heavy atom. The summed E-state index contributed by atoms with van der Waals surface area (Å²) in [4.78, 5) is 25.8. The molecule has 3 N–H and O–H groups in total. The Morgan fingerprint density at radius 2 is 2.00 bits per heavy atom. The van der Waals surface area contributed by atoms with Gasteiger partial charge in [-0.3, -0.25) is 0 Å². The summed E-state index contributed by atoms with van der Waals surface area (Å²) in [6.07, 6.45) is 0.461. The summed E-state index contributed by atoms with van der Waals surface area (Å²) in [6, 6.07) is 0.0309.